The van der Waals surface area contributed by atoms with E-state index >= 15 is 0 Å². The van der Waals surface area contributed by atoms with Gasteiger partial charge in [0.2, 0.25) is 0 Å². The Balaban J connectivity index is 1.89. The number of aliphatic hydroxyl groups excluding tert-OH is 1. The van der Waals surface area contributed by atoms with Crippen molar-refractivity contribution in [1.29, 1.82) is 0 Å². The average molecular weight is 282 g/mol. The number of aliphatic hydroxyl groups is 1. The molecule has 1 aromatic rings. The third-order valence-corrected chi connectivity index (χ3v) is 4.58. The van der Waals surface area contributed by atoms with Gasteiger partial charge < -0.3 is 14.7 Å². The Morgan fingerprint density at radius 3 is 3.05 bits per heavy atom. The smallest absolute Gasteiger partial charge is 0.126 e. The van der Waals surface area contributed by atoms with Crippen LogP contribution in [0.4, 0.5) is 0 Å². The van der Waals surface area contributed by atoms with Crippen molar-refractivity contribution in [3.05, 3.63) is 28.8 Å². The summed E-state index contributed by atoms with van der Waals surface area (Å²) in [6, 6.07) is 5.53. The molecule has 1 fully saturated rings. The van der Waals surface area contributed by atoms with E-state index in [1.54, 1.807) is 0 Å². The van der Waals surface area contributed by atoms with Crippen LogP contribution in [-0.4, -0.2) is 35.7 Å². The third kappa shape index (κ3) is 2.60. The molecular weight excluding hydrogens is 262 g/mol. The van der Waals surface area contributed by atoms with Crippen molar-refractivity contribution in [3.8, 4) is 5.75 Å². The van der Waals surface area contributed by atoms with E-state index in [1.165, 1.54) is 0 Å². The van der Waals surface area contributed by atoms with Crippen LogP contribution in [0.2, 0.25) is 5.02 Å². The van der Waals surface area contributed by atoms with Crippen LogP contribution in [0.25, 0.3) is 0 Å². The number of hydrogen-bond donors (Lipinski definition) is 1. The standard InChI is InChI=1S/C15H20ClNO2/c1-17-7-2-5-15(6-8-17)10-13(18)12-9-11(16)3-4-14(12)19-15/h3-4,9,13,18H,2,5-8,10H2,1H3/t13-,15?/m1/s1. The number of ether oxygens (including phenoxy) is 1. The lowest BCUT2D eigenvalue weighted by atomic mass is 9.83. The van der Waals surface area contributed by atoms with Gasteiger partial charge in [0.25, 0.3) is 0 Å². The summed E-state index contributed by atoms with van der Waals surface area (Å²) in [5, 5.41) is 11.1. The predicted octanol–water partition coefficient (Wildman–Crippen LogP) is 3.01. The molecule has 1 aromatic carbocycles. The van der Waals surface area contributed by atoms with Crippen LogP contribution >= 0.6 is 11.6 Å². The van der Waals surface area contributed by atoms with Crippen LogP contribution in [0.5, 0.6) is 5.75 Å². The largest absolute Gasteiger partial charge is 0.487 e. The summed E-state index contributed by atoms with van der Waals surface area (Å²) in [6.45, 7) is 2.13. The van der Waals surface area contributed by atoms with Crippen molar-refractivity contribution in [2.75, 3.05) is 20.1 Å². The molecule has 0 bridgehead atoms. The number of nitrogens with zero attached hydrogens (tertiary/aromatic N) is 1. The van der Waals surface area contributed by atoms with Gasteiger partial charge in [-0.2, -0.15) is 0 Å². The minimum atomic E-state index is -0.467. The van der Waals surface area contributed by atoms with E-state index in [0.717, 1.165) is 43.7 Å². The zero-order chi connectivity index (χ0) is 13.5. The SMILES string of the molecule is CN1CCCC2(CC1)C[C@@H](O)c1cc(Cl)ccc1O2. The molecule has 0 aliphatic carbocycles. The van der Waals surface area contributed by atoms with E-state index in [1.807, 2.05) is 18.2 Å². The lowest BCUT2D eigenvalue weighted by molar-refractivity contribution is -0.0235. The topological polar surface area (TPSA) is 32.7 Å². The Kier molecular flexibility index (Phi) is 3.46. The second-order valence-electron chi connectivity index (χ2n) is 5.84. The molecule has 0 aromatic heterocycles. The summed E-state index contributed by atoms with van der Waals surface area (Å²) in [5.41, 5.74) is 0.626. The summed E-state index contributed by atoms with van der Waals surface area (Å²) < 4.78 is 6.27. The maximum atomic E-state index is 10.4. The fraction of sp³-hybridized carbons (Fsp3) is 0.600. The van der Waals surface area contributed by atoms with Crippen molar-refractivity contribution in [2.24, 2.45) is 0 Å². The predicted molar refractivity (Wildman–Crippen MR) is 75.7 cm³/mol. The van der Waals surface area contributed by atoms with Crippen LogP contribution in [0.15, 0.2) is 18.2 Å². The van der Waals surface area contributed by atoms with Crippen molar-refractivity contribution < 1.29 is 9.84 Å². The molecule has 2 atom stereocenters. The van der Waals surface area contributed by atoms with Crippen LogP contribution in [0.1, 0.15) is 37.4 Å². The molecule has 1 unspecified atom stereocenters. The molecule has 1 saturated heterocycles. The number of likely N-dealkylation sites (tertiary alicyclic amines) is 1. The average Bonchev–Trinajstić information content (AvgIpc) is 2.54. The minimum Gasteiger partial charge on any atom is -0.487 e. The van der Waals surface area contributed by atoms with E-state index in [2.05, 4.69) is 11.9 Å². The lowest BCUT2D eigenvalue weighted by Crippen LogP contribution is -2.41. The maximum absolute atomic E-state index is 10.4. The highest BCUT2D eigenvalue weighted by atomic mass is 35.5. The van der Waals surface area contributed by atoms with Gasteiger partial charge in [-0.05, 0) is 51.1 Å². The highest BCUT2D eigenvalue weighted by Crippen LogP contribution is 2.44. The second-order valence-corrected chi connectivity index (χ2v) is 6.28. The Hall–Kier alpha value is -0.770. The van der Waals surface area contributed by atoms with Crippen LogP contribution < -0.4 is 4.74 Å². The Bertz CT molecular complexity index is 479. The second kappa shape index (κ2) is 4.97. The molecule has 1 spiro atoms. The van der Waals surface area contributed by atoms with Gasteiger partial charge in [0.05, 0.1) is 6.10 Å². The van der Waals surface area contributed by atoms with Crippen molar-refractivity contribution in [1.82, 2.24) is 4.90 Å². The molecule has 0 saturated carbocycles. The zero-order valence-corrected chi connectivity index (χ0v) is 12.0. The summed E-state index contributed by atoms with van der Waals surface area (Å²) in [7, 11) is 2.14. The Morgan fingerprint density at radius 1 is 1.37 bits per heavy atom. The number of hydrogen-bond acceptors (Lipinski definition) is 3. The molecule has 104 valence electrons. The van der Waals surface area contributed by atoms with Gasteiger partial charge in [0.1, 0.15) is 11.4 Å². The van der Waals surface area contributed by atoms with Gasteiger partial charge in [-0.25, -0.2) is 0 Å². The number of benzene rings is 1. The van der Waals surface area contributed by atoms with Crippen LogP contribution in [0.3, 0.4) is 0 Å². The molecule has 3 nitrogen and oxygen atoms in total. The van der Waals surface area contributed by atoms with Crippen LogP contribution in [-0.2, 0) is 0 Å². The monoisotopic (exact) mass is 281 g/mol. The fourth-order valence-corrected chi connectivity index (χ4v) is 3.40. The molecule has 0 amide bonds. The number of fused-ring (bicyclic) bond motifs is 1. The van der Waals surface area contributed by atoms with E-state index < -0.39 is 6.10 Å². The molecule has 2 heterocycles. The molecule has 3 rings (SSSR count). The summed E-state index contributed by atoms with van der Waals surface area (Å²) in [4.78, 5) is 2.34. The minimum absolute atomic E-state index is 0.203. The van der Waals surface area contributed by atoms with E-state index in [-0.39, 0.29) is 5.60 Å². The summed E-state index contributed by atoms with van der Waals surface area (Å²) in [6.07, 6.45) is 3.31. The van der Waals surface area contributed by atoms with Crippen molar-refractivity contribution in [2.45, 2.75) is 37.4 Å². The fourth-order valence-electron chi connectivity index (χ4n) is 3.22. The van der Waals surface area contributed by atoms with E-state index in [0.29, 0.717) is 11.4 Å². The Labute approximate surface area is 119 Å². The molecule has 0 radical (unpaired) electrons. The highest BCUT2D eigenvalue weighted by Gasteiger charge is 2.41. The molecule has 1 N–H and O–H groups in total. The first kappa shape index (κ1) is 13.2. The zero-order valence-electron chi connectivity index (χ0n) is 11.2. The van der Waals surface area contributed by atoms with Gasteiger partial charge in [-0.3, -0.25) is 0 Å². The van der Waals surface area contributed by atoms with Gasteiger partial charge in [-0.1, -0.05) is 11.6 Å². The van der Waals surface area contributed by atoms with Crippen LogP contribution in [0, 0.1) is 0 Å². The molecule has 2 aliphatic rings. The Morgan fingerprint density at radius 2 is 2.21 bits per heavy atom. The molecule has 4 heteroatoms. The lowest BCUT2D eigenvalue weighted by Gasteiger charge is -2.40. The highest BCUT2D eigenvalue weighted by molar-refractivity contribution is 6.30. The quantitative estimate of drug-likeness (QED) is 0.793. The third-order valence-electron chi connectivity index (χ3n) is 4.34. The molecular formula is C15H20ClNO2. The summed E-state index contributed by atoms with van der Waals surface area (Å²) in [5.74, 6) is 0.799. The number of rotatable bonds is 0. The van der Waals surface area contributed by atoms with Gasteiger partial charge in [0, 0.05) is 23.6 Å². The van der Waals surface area contributed by atoms with Gasteiger partial charge in [0.15, 0.2) is 0 Å². The first-order valence-electron chi connectivity index (χ1n) is 6.93. The van der Waals surface area contributed by atoms with Crippen molar-refractivity contribution in [3.63, 3.8) is 0 Å². The molecule has 2 aliphatic heterocycles. The van der Waals surface area contributed by atoms with Gasteiger partial charge >= 0.3 is 0 Å². The first-order chi connectivity index (χ1) is 9.08. The number of halogens is 1. The van der Waals surface area contributed by atoms with Gasteiger partial charge in [-0.15, -0.1) is 0 Å². The normalized spacial score (nSPS) is 31.6. The summed E-state index contributed by atoms with van der Waals surface area (Å²) >= 11 is 5.99. The van der Waals surface area contributed by atoms with E-state index in [4.69, 9.17) is 16.3 Å². The maximum Gasteiger partial charge on any atom is 0.126 e. The van der Waals surface area contributed by atoms with Crippen molar-refractivity contribution >= 4 is 11.6 Å². The first-order valence-corrected chi connectivity index (χ1v) is 7.31. The van der Waals surface area contributed by atoms with E-state index in [9.17, 15) is 5.11 Å². The molecule has 19 heavy (non-hydrogen) atoms.